The van der Waals surface area contributed by atoms with Crippen molar-refractivity contribution in [3.05, 3.63) is 77.6 Å². The van der Waals surface area contributed by atoms with E-state index in [1.807, 2.05) is 18.2 Å². The molecular weight excluding hydrogens is 451 g/mol. The summed E-state index contributed by atoms with van der Waals surface area (Å²) in [4.78, 5) is 2.37. The molecule has 1 aliphatic rings. The van der Waals surface area contributed by atoms with Gasteiger partial charge >= 0.3 is 0 Å². The van der Waals surface area contributed by atoms with Crippen LogP contribution in [0.2, 0.25) is 5.02 Å². The minimum Gasteiger partial charge on any atom is -0.369 e. The number of hydrogen-bond donors (Lipinski definition) is 1. The van der Waals surface area contributed by atoms with Crippen molar-refractivity contribution in [3.63, 3.8) is 0 Å². The molecule has 1 fully saturated rings. The number of halogens is 2. The largest absolute Gasteiger partial charge is 0.369 e. The van der Waals surface area contributed by atoms with Gasteiger partial charge in [0.25, 0.3) is 0 Å². The van der Waals surface area contributed by atoms with Crippen molar-refractivity contribution in [3.8, 4) is 5.69 Å². The molecule has 0 unspecified atom stereocenters. The zero-order valence-electron chi connectivity index (χ0n) is 17.0. The average molecular weight is 471 g/mol. The second-order valence-corrected chi connectivity index (χ2v) is 9.84. The molecule has 0 bridgehead atoms. The third-order valence-corrected chi connectivity index (χ3v) is 7.56. The number of rotatable bonds is 4. The molecular formula is C23H20ClFN4O2S. The molecule has 1 aromatic heterocycles. The van der Waals surface area contributed by atoms with Gasteiger partial charge < -0.3 is 10.2 Å². The highest BCUT2D eigenvalue weighted by Crippen LogP contribution is 2.33. The van der Waals surface area contributed by atoms with Crippen LogP contribution in [0.5, 0.6) is 0 Å². The van der Waals surface area contributed by atoms with E-state index in [1.54, 1.807) is 30.3 Å². The first kappa shape index (κ1) is 20.9. The van der Waals surface area contributed by atoms with Crippen LogP contribution in [0.15, 0.2) is 76.7 Å². The van der Waals surface area contributed by atoms with E-state index < -0.39 is 15.7 Å². The maximum absolute atomic E-state index is 13.7. The summed E-state index contributed by atoms with van der Waals surface area (Å²) in [5.74, 6) is -0.551. The zero-order valence-corrected chi connectivity index (χ0v) is 18.6. The average Bonchev–Trinajstić information content (AvgIpc) is 3.22. The van der Waals surface area contributed by atoms with Gasteiger partial charge in [-0.15, -0.1) is 0 Å². The zero-order chi connectivity index (χ0) is 22.3. The van der Waals surface area contributed by atoms with Crippen LogP contribution in [0.1, 0.15) is 0 Å². The van der Waals surface area contributed by atoms with Gasteiger partial charge in [0.1, 0.15) is 5.82 Å². The van der Waals surface area contributed by atoms with Gasteiger partial charge in [-0.1, -0.05) is 29.8 Å². The summed E-state index contributed by atoms with van der Waals surface area (Å²) < 4.78 is 42.3. The Kier molecular flexibility index (Phi) is 5.36. The molecule has 0 radical (unpaired) electrons. The fraction of sp³-hybridized carbons (Fsp3) is 0.174. The molecule has 5 rings (SSSR count). The van der Waals surface area contributed by atoms with E-state index in [2.05, 4.69) is 15.3 Å². The summed E-state index contributed by atoms with van der Waals surface area (Å²) in [6, 6.07) is 18.1. The summed E-state index contributed by atoms with van der Waals surface area (Å²) in [6.45, 7) is 3.38. The van der Waals surface area contributed by atoms with Gasteiger partial charge in [0, 0.05) is 37.3 Å². The first-order valence-corrected chi connectivity index (χ1v) is 12.1. The van der Waals surface area contributed by atoms with Crippen LogP contribution in [0.25, 0.3) is 16.6 Å². The van der Waals surface area contributed by atoms with E-state index in [0.29, 0.717) is 16.6 Å². The van der Waals surface area contributed by atoms with Crippen LogP contribution in [0.3, 0.4) is 0 Å². The lowest BCUT2D eigenvalue weighted by atomic mass is 10.2. The van der Waals surface area contributed by atoms with Crippen LogP contribution in [0.4, 0.5) is 10.1 Å². The minimum atomic E-state index is -3.89. The maximum Gasteiger partial charge on any atom is 0.226 e. The molecule has 0 atom stereocenters. The summed E-state index contributed by atoms with van der Waals surface area (Å²) in [7, 11) is -3.89. The molecule has 164 valence electrons. The molecule has 1 aliphatic heterocycles. The molecule has 4 aromatic rings. The Bertz CT molecular complexity index is 1400. The molecule has 0 saturated carbocycles. The Balaban J connectivity index is 1.74. The normalized spacial score (nSPS) is 14.8. The molecule has 0 amide bonds. The van der Waals surface area contributed by atoms with Crippen LogP contribution in [-0.4, -0.2) is 44.4 Å². The first-order chi connectivity index (χ1) is 15.4. The Hall–Kier alpha value is -2.94. The SMILES string of the molecule is O=S(=O)(c1ccccc1)c1nn(-c2ccc(F)c(Cl)c2)c2ccc(N3CCNCC3)cc12. The number of nitrogens with one attached hydrogen (secondary N) is 1. The van der Waals surface area contributed by atoms with Gasteiger partial charge in [-0.05, 0) is 48.5 Å². The quantitative estimate of drug-likeness (QED) is 0.487. The van der Waals surface area contributed by atoms with E-state index in [-0.39, 0.29) is 14.9 Å². The third kappa shape index (κ3) is 3.64. The number of aromatic nitrogens is 2. The van der Waals surface area contributed by atoms with Gasteiger partial charge in [-0.25, -0.2) is 17.5 Å². The maximum atomic E-state index is 13.7. The Morgan fingerprint density at radius 1 is 0.938 bits per heavy atom. The van der Waals surface area contributed by atoms with E-state index >= 15 is 0 Å². The van der Waals surface area contributed by atoms with Crippen molar-refractivity contribution in [2.75, 3.05) is 31.1 Å². The second-order valence-electron chi connectivity index (χ2n) is 7.57. The highest BCUT2D eigenvalue weighted by atomic mass is 35.5. The Labute approximate surface area is 190 Å². The fourth-order valence-electron chi connectivity index (χ4n) is 3.92. The standard InChI is InChI=1S/C23H20ClFN4O2S/c24-20-15-17(6-8-21(20)25)29-22-9-7-16(28-12-10-26-11-13-28)14-19(22)23(27-29)32(30,31)18-4-2-1-3-5-18/h1-9,14-15,26H,10-13H2. The van der Waals surface area contributed by atoms with Gasteiger partial charge in [-0.3, -0.25) is 0 Å². The Morgan fingerprint density at radius 2 is 1.66 bits per heavy atom. The molecule has 32 heavy (non-hydrogen) atoms. The van der Waals surface area contributed by atoms with Crippen molar-refractivity contribution in [2.24, 2.45) is 0 Å². The van der Waals surface area contributed by atoms with Crippen LogP contribution >= 0.6 is 11.6 Å². The summed E-state index contributed by atoms with van der Waals surface area (Å²) >= 11 is 5.99. The Morgan fingerprint density at radius 3 is 2.38 bits per heavy atom. The monoisotopic (exact) mass is 470 g/mol. The number of benzene rings is 3. The van der Waals surface area contributed by atoms with Crippen molar-refractivity contribution in [1.29, 1.82) is 0 Å². The van der Waals surface area contributed by atoms with E-state index in [4.69, 9.17) is 11.6 Å². The van der Waals surface area contributed by atoms with Gasteiger partial charge in [0.15, 0.2) is 5.03 Å². The van der Waals surface area contributed by atoms with Gasteiger partial charge in [-0.2, -0.15) is 5.10 Å². The predicted octanol–water partition coefficient (Wildman–Crippen LogP) is 4.06. The fourth-order valence-corrected chi connectivity index (χ4v) is 5.48. The number of sulfone groups is 1. The molecule has 2 heterocycles. The topological polar surface area (TPSA) is 67.2 Å². The number of hydrogen-bond acceptors (Lipinski definition) is 5. The highest BCUT2D eigenvalue weighted by molar-refractivity contribution is 7.91. The lowest BCUT2D eigenvalue weighted by Crippen LogP contribution is -2.43. The number of anilines is 1. The number of piperazine rings is 1. The van der Waals surface area contributed by atoms with Crippen molar-refractivity contribution >= 4 is 38.0 Å². The highest BCUT2D eigenvalue weighted by Gasteiger charge is 2.27. The van der Waals surface area contributed by atoms with Crippen molar-refractivity contribution < 1.29 is 12.8 Å². The molecule has 9 heteroatoms. The van der Waals surface area contributed by atoms with Crippen LogP contribution < -0.4 is 10.2 Å². The molecule has 0 aliphatic carbocycles. The molecule has 1 saturated heterocycles. The van der Waals surface area contributed by atoms with E-state index in [0.717, 1.165) is 31.9 Å². The molecule has 6 nitrogen and oxygen atoms in total. The number of fused-ring (bicyclic) bond motifs is 1. The van der Waals surface area contributed by atoms with E-state index in [9.17, 15) is 12.8 Å². The summed E-state index contributed by atoms with van der Waals surface area (Å²) in [5.41, 5.74) is 2.01. The molecule has 0 spiro atoms. The second kappa shape index (κ2) is 8.20. The predicted molar refractivity (Wildman–Crippen MR) is 123 cm³/mol. The van der Waals surface area contributed by atoms with Crippen LogP contribution in [0, 0.1) is 5.82 Å². The molecule has 3 aromatic carbocycles. The number of nitrogens with zero attached hydrogens (tertiary/aromatic N) is 3. The first-order valence-electron chi connectivity index (χ1n) is 10.2. The lowest BCUT2D eigenvalue weighted by molar-refractivity contribution is 0.589. The third-order valence-electron chi connectivity index (χ3n) is 5.57. The molecule has 1 N–H and O–H groups in total. The van der Waals surface area contributed by atoms with Gasteiger partial charge in [0.2, 0.25) is 9.84 Å². The van der Waals surface area contributed by atoms with Crippen molar-refractivity contribution in [1.82, 2.24) is 15.1 Å². The van der Waals surface area contributed by atoms with Crippen LogP contribution in [-0.2, 0) is 9.84 Å². The van der Waals surface area contributed by atoms with Gasteiger partial charge in [0.05, 0.1) is 21.1 Å². The smallest absolute Gasteiger partial charge is 0.226 e. The van der Waals surface area contributed by atoms with Crippen molar-refractivity contribution in [2.45, 2.75) is 9.92 Å². The summed E-state index contributed by atoms with van der Waals surface area (Å²) in [5, 5.41) is 8.20. The lowest BCUT2D eigenvalue weighted by Gasteiger charge is -2.29. The summed E-state index contributed by atoms with van der Waals surface area (Å²) in [6.07, 6.45) is 0. The minimum absolute atomic E-state index is 0.0452. The van der Waals surface area contributed by atoms with E-state index in [1.165, 1.54) is 22.9 Å².